The van der Waals surface area contributed by atoms with E-state index in [0.717, 1.165) is 61.3 Å². The molecule has 3 unspecified atom stereocenters. The SMILES string of the molecule is CCOC(=O)c1ccc(NC(=O)CC(CCS(=O)(=O)c2ccc(C)cc2)c2ccc(C)cc2)cc1.Cc1ccc(C(CCS(=O)(=O)c2ccc(C)cc2)CC(=O)Nc2ccc(C(=O)O)cc2)cc1.Cc1ccc(C(CCS(=O)(=O)c2ccc(C)cc2)CC(=O)Nc2ccccc2)cc1.Cc1ccc(S(=O)(=O)OCC(=O)Nc2ccc(C(=O)O)cc2)cc1. The predicted octanol–water partition coefficient (Wildman–Crippen LogP) is 17.8. The Labute approximate surface area is 713 Å². The largest absolute Gasteiger partial charge is 0.478 e. The second kappa shape index (κ2) is 45.2. The van der Waals surface area contributed by atoms with Gasteiger partial charge in [-0.05, 0) is 243 Å². The van der Waals surface area contributed by atoms with Crippen molar-refractivity contribution in [3.05, 3.63) is 345 Å². The summed E-state index contributed by atoms with van der Waals surface area (Å²) in [5.41, 5.74) is 12.7. The zero-order valence-electron chi connectivity index (χ0n) is 69.0. The number of benzene rings is 11. The molecule has 27 heteroatoms. The number of nitrogens with one attached hydrogen (secondary N) is 4. The van der Waals surface area contributed by atoms with E-state index in [1.54, 1.807) is 116 Å². The van der Waals surface area contributed by atoms with Crippen LogP contribution >= 0.6 is 0 Å². The second-order valence-electron chi connectivity index (χ2n) is 29.3. The monoisotopic (exact) mass is 1730 g/mol. The smallest absolute Gasteiger partial charge is 0.338 e. The van der Waals surface area contributed by atoms with Gasteiger partial charge in [0.2, 0.25) is 17.7 Å². The standard InChI is InChI=1S/C28H31NO5S.C26H27NO5S.C25H27NO3S.C16H15NO6S/c1-4-34-28(31)23-11-13-25(14-12-23)29-27(30)19-24(22-9-5-20(2)6-10-22)17-18-35(32,33)26-15-7-21(3)8-16-26;1-18-3-7-20(8-4-18)22(15-16-33(31,32)24-13-5-19(2)6-14-24)17-25(28)27-23-11-9-21(10-12-23)26(29)30;1-19-8-12-21(13-9-19)22(18-25(27)26-23-6-4-3-5-7-23)16-17-30(28,29)24-14-10-20(2)11-15-24;1-11-2-8-14(9-3-11)24(21,22)23-10-15(18)17-13-6-4-12(5-7-13)16(19)20/h5-16,24H,4,17-19H2,1-3H3,(H,29,30);3-14,22H,15-17H2,1-2H3,(H,27,28)(H,29,30);3-15,22H,16-18H2,1-2H3,(H,26,27);2-9H,10H2,1H3,(H,17,18)(H,19,20). The van der Waals surface area contributed by atoms with Gasteiger partial charge in [-0.25, -0.2) is 39.6 Å². The number of carboxylic acids is 2. The number of aromatic carboxylic acids is 2. The van der Waals surface area contributed by atoms with Crippen molar-refractivity contribution < 1.29 is 86.4 Å². The molecule has 0 radical (unpaired) electrons. The van der Waals surface area contributed by atoms with Gasteiger partial charge >= 0.3 is 17.9 Å². The Morgan fingerprint density at radius 3 is 0.820 bits per heavy atom. The normalized spacial score (nSPS) is 12.0. The number of carbonyl (C=O) groups excluding carboxylic acids is 5. The molecule has 638 valence electrons. The van der Waals surface area contributed by atoms with Crippen molar-refractivity contribution in [3.8, 4) is 0 Å². The van der Waals surface area contributed by atoms with Crippen molar-refractivity contribution in [2.45, 2.75) is 131 Å². The van der Waals surface area contributed by atoms with Crippen molar-refractivity contribution in [3.63, 3.8) is 0 Å². The number of sulfone groups is 3. The Balaban J connectivity index is 0.000000204. The molecule has 11 aromatic rings. The van der Waals surface area contributed by atoms with Gasteiger partial charge in [-0.15, -0.1) is 0 Å². The highest BCUT2D eigenvalue weighted by atomic mass is 32.2. The number of hydrogen-bond donors (Lipinski definition) is 6. The third-order valence-corrected chi connectivity index (χ3v) is 26.1. The summed E-state index contributed by atoms with van der Waals surface area (Å²) in [7, 11) is -14.4. The van der Waals surface area contributed by atoms with E-state index in [0.29, 0.717) is 46.8 Å². The molecule has 3 atom stereocenters. The number of carbonyl (C=O) groups is 7. The van der Waals surface area contributed by atoms with E-state index in [-0.39, 0.29) is 104 Å². The molecule has 0 saturated heterocycles. The minimum absolute atomic E-state index is 0.00673. The van der Waals surface area contributed by atoms with E-state index in [1.165, 1.54) is 60.7 Å². The highest BCUT2D eigenvalue weighted by Crippen LogP contribution is 2.32. The highest BCUT2D eigenvalue weighted by molar-refractivity contribution is 7.92. The number of para-hydroxylation sites is 1. The first-order valence-electron chi connectivity index (χ1n) is 39.2. The fraction of sp³-hybridized carbons (Fsp3) is 0.232. The molecule has 4 amide bonds. The van der Waals surface area contributed by atoms with Crippen LogP contribution in [0.25, 0.3) is 0 Å². The van der Waals surface area contributed by atoms with Crippen LogP contribution in [-0.2, 0) is 67.7 Å². The number of carboxylic acid groups (broad SMARTS) is 2. The van der Waals surface area contributed by atoms with E-state index in [4.69, 9.17) is 19.1 Å². The van der Waals surface area contributed by atoms with Crippen LogP contribution in [0.15, 0.2) is 293 Å². The van der Waals surface area contributed by atoms with Gasteiger partial charge in [0, 0.05) is 42.0 Å². The highest BCUT2D eigenvalue weighted by Gasteiger charge is 2.27. The maximum absolute atomic E-state index is 12.9. The summed E-state index contributed by atoms with van der Waals surface area (Å²) in [6, 6.07) is 77.1. The molecule has 0 spiro atoms. The van der Waals surface area contributed by atoms with Gasteiger partial charge in [0.05, 0.1) is 60.1 Å². The molecule has 0 aliphatic rings. The number of anilines is 4. The molecule has 122 heavy (non-hydrogen) atoms. The maximum Gasteiger partial charge on any atom is 0.338 e. The van der Waals surface area contributed by atoms with Gasteiger partial charge in [-0.2, -0.15) is 8.42 Å². The minimum Gasteiger partial charge on any atom is -0.478 e. The first kappa shape index (κ1) is 94.9. The van der Waals surface area contributed by atoms with E-state index in [2.05, 4.69) is 21.3 Å². The number of aryl methyl sites for hydroxylation is 7. The molecule has 0 bridgehead atoms. The van der Waals surface area contributed by atoms with Gasteiger partial charge in [-0.1, -0.05) is 178 Å². The minimum atomic E-state index is -4.02. The molecule has 6 N–H and O–H groups in total. The third kappa shape index (κ3) is 30.9. The van der Waals surface area contributed by atoms with Crippen LogP contribution in [-0.4, -0.2) is 116 Å². The Kier molecular flexibility index (Phi) is 35.2. The molecular formula is C95H100N4O19S4. The zero-order chi connectivity index (χ0) is 88.7. The first-order valence-corrected chi connectivity index (χ1v) is 45.5. The molecule has 23 nitrogen and oxygen atoms in total. The Bertz CT molecular complexity index is 5830. The Hall–Kier alpha value is -12.5. The van der Waals surface area contributed by atoms with Crippen LogP contribution in [0.5, 0.6) is 0 Å². The molecule has 0 aliphatic heterocycles. The van der Waals surface area contributed by atoms with Gasteiger partial charge in [-0.3, -0.25) is 23.4 Å². The third-order valence-electron chi connectivity index (χ3n) is 19.5. The second-order valence-corrected chi connectivity index (χ2v) is 37.3. The summed E-state index contributed by atoms with van der Waals surface area (Å²) in [6.45, 7) is 14.8. The van der Waals surface area contributed by atoms with Crippen molar-refractivity contribution in [1.82, 2.24) is 0 Å². The van der Waals surface area contributed by atoms with Gasteiger partial charge < -0.3 is 36.2 Å². The van der Waals surface area contributed by atoms with Gasteiger partial charge in [0.1, 0.15) is 6.61 Å². The number of amides is 4. The van der Waals surface area contributed by atoms with Crippen molar-refractivity contribution >= 4 is 104 Å². The molecule has 0 aliphatic carbocycles. The van der Waals surface area contributed by atoms with E-state index in [9.17, 15) is 67.2 Å². The van der Waals surface area contributed by atoms with Crippen LogP contribution in [0.2, 0.25) is 0 Å². The van der Waals surface area contributed by atoms with Crippen LogP contribution < -0.4 is 21.3 Å². The number of ether oxygens (including phenoxy) is 1. The van der Waals surface area contributed by atoms with Crippen LogP contribution in [0, 0.1) is 48.5 Å². The zero-order valence-corrected chi connectivity index (χ0v) is 72.2. The fourth-order valence-corrected chi connectivity index (χ4v) is 17.4. The van der Waals surface area contributed by atoms with Crippen molar-refractivity contribution in [1.29, 1.82) is 0 Å². The molecule has 11 rings (SSSR count). The fourth-order valence-electron chi connectivity index (χ4n) is 12.4. The summed E-state index contributed by atoms with van der Waals surface area (Å²) in [5, 5.41) is 28.7. The quantitative estimate of drug-likeness (QED) is 0.0164. The van der Waals surface area contributed by atoms with Crippen molar-refractivity contribution in [2.75, 3.05) is 51.7 Å². The van der Waals surface area contributed by atoms with Crippen molar-refractivity contribution in [2.24, 2.45) is 0 Å². The summed E-state index contributed by atoms with van der Waals surface area (Å²) < 4.78 is 111. The summed E-state index contributed by atoms with van der Waals surface area (Å²) in [6.07, 6.45) is 1.45. The van der Waals surface area contributed by atoms with Gasteiger partial charge in [0.15, 0.2) is 29.5 Å². The van der Waals surface area contributed by atoms with Crippen LogP contribution in [0.4, 0.5) is 22.7 Å². The molecular weight excluding hydrogens is 1630 g/mol. The maximum atomic E-state index is 12.9. The summed E-state index contributed by atoms with van der Waals surface area (Å²) in [4.78, 5) is 84.4. The Morgan fingerprint density at radius 2 is 0.549 bits per heavy atom. The van der Waals surface area contributed by atoms with E-state index in [1.807, 2.05) is 152 Å². The average Bonchev–Trinajstić information content (AvgIpc) is 0.769. The summed E-state index contributed by atoms with van der Waals surface area (Å²) in [5.74, 6) is -4.72. The van der Waals surface area contributed by atoms with Gasteiger partial charge in [0.25, 0.3) is 16.0 Å². The van der Waals surface area contributed by atoms with E-state index >= 15 is 0 Å². The molecule has 0 saturated carbocycles. The number of esters is 1. The summed E-state index contributed by atoms with van der Waals surface area (Å²) >= 11 is 0. The molecule has 0 fully saturated rings. The lowest BCUT2D eigenvalue weighted by Crippen LogP contribution is -2.21. The number of rotatable bonds is 33. The van der Waals surface area contributed by atoms with Crippen LogP contribution in [0.3, 0.4) is 0 Å². The average molecular weight is 1730 g/mol. The predicted molar refractivity (Wildman–Crippen MR) is 474 cm³/mol. The lowest BCUT2D eigenvalue weighted by molar-refractivity contribution is -0.118. The Morgan fingerprint density at radius 1 is 0.303 bits per heavy atom. The molecule has 11 aromatic carbocycles. The lowest BCUT2D eigenvalue weighted by atomic mass is 9.92. The molecule has 0 aromatic heterocycles. The topological polar surface area (TPSA) is 363 Å². The van der Waals surface area contributed by atoms with E-state index < -0.39 is 70.1 Å². The first-order chi connectivity index (χ1) is 57.9. The van der Waals surface area contributed by atoms with Crippen LogP contribution in [0.1, 0.15) is 150 Å². The number of hydrogen-bond acceptors (Lipinski definition) is 17. The lowest BCUT2D eigenvalue weighted by Gasteiger charge is -2.18. The molecule has 0 heterocycles.